The summed E-state index contributed by atoms with van der Waals surface area (Å²) in [4.78, 5) is 14.9. The lowest BCUT2D eigenvalue weighted by atomic mass is 9.76. The second-order valence-electron chi connectivity index (χ2n) is 7.85. The summed E-state index contributed by atoms with van der Waals surface area (Å²) in [6.07, 6.45) is 4.54. The van der Waals surface area contributed by atoms with Crippen molar-refractivity contribution in [1.29, 1.82) is 0 Å². The minimum Gasteiger partial charge on any atom is -0.426 e. The van der Waals surface area contributed by atoms with Crippen LogP contribution >= 0.6 is 0 Å². The first kappa shape index (κ1) is 18.2. The third-order valence-corrected chi connectivity index (χ3v) is 5.94. The zero-order chi connectivity index (χ0) is 19.0. The third-order valence-electron chi connectivity index (χ3n) is 5.94. The van der Waals surface area contributed by atoms with Crippen LogP contribution in [0.3, 0.4) is 0 Å². The van der Waals surface area contributed by atoms with Crippen LogP contribution in [-0.2, 0) is 17.6 Å². The first-order chi connectivity index (χ1) is 13.1. The molecule has 0 radical (unpaired) electrons. The summed E-state index contributed by atoms with van der Waals surface area (Å²) in [6, 6.07) is 11.4. The van der Waals surface area contributed by atoms with E-state index < -0.39 is 0 Å². The molecular formula is C24H29NO2. The van der Waals surface area contributed by atoms with Gasteiger partial charge >= 0.3 is 5.97 Å². The molecule has 0 saturated heterocycles. The second-order valence-corrected chi connectivity index (χ2v) is 7.85. The fourth-order valence-electron chi connectivity index (χ4n) is 4.73. The molecule has 2 aromatic rings. The van der Waals surface area contributed by atoms with E-state index in [9.17, 15) is 4.79 Å². The molecule has 3 heteroatoms. The highest BCUT2D eigenvalue weighted by molar-refractivity contribution is 5.84. The van der Waals surface area contributed by atoms with E-state index in [1.165, 1.54) is 28.7 Å². The summed E-state index contributed by atoms with van der Waals surface area (Å²) in [5.41, 5.74) is 7.67. The molecule has 0 unspecified atom stereocenters. The Kier molecular flexibility index (Phi) is 5.05. The lowest BCUT2D eigenvalue weighted by molar-refractivity contribution is -0.134. The van der Waals surface area contributed by atoms with Crippen LogP contribution in [0.4, 0.5) is 0 Å². The van der Waals surface area contributed by atoms with Gasteiger partial charge in [0.05, 0.1) is 0 Å². The summed E-state index contributed by atoms with van der Waals surface area (Å²) in [5.74, 6) is 0.638. The second kappa shape index (κ2) is 7.47. The molecule has 27 heavy (non-hydrogen) atoms. The van der Waals surface area contributed by atoms with Gasteiger partial charge in [-0.1, -0.05) is 44.2 Å². The summed E-state index contributed by atoms with van der Waals surface area (Å²) < 4.78 is 5.89. The van der Waals surface area contributed by atoms with Crippen molar-refractivity contribution in [3.63, 3.8) is 0 Å². The number of rotatable bonds is 5. The van der Waals surface area contributed by atoms with Gasteiger partial charge in [0.15, 0.2) is 0 Å². The van der Waals surface area contributed by atoms with E-state index in [0.717, 1.165) is 49.2 Å². The third kappa shape index (κ3) is 3.19. The first-order valence-corrected chi connectivity index (χ1v) is 10.3. The molecule has 2 aliphatic rings. The number of fused-ring (bicyclic) bond motifs is 2. The van der Waals surface area contributed by atoms with E-state index in [0.29, 0.717) is 12.5 Å². The fraction of sp³-hybridized carbons (Fsp3) is 0.458. The Balaban J connectivity index is 1.85. The lowest BCUT2D eigenvalue weighted by Crippen LogP contribution is -2.38. The van der Waals surface area contributed by atoms with E-state index in [2.05, 4.69) is 42.2 Å². The van der Waals surface area contributed by atoms with E-state index in [4.69, 9.17) is 4.74 Å². The summed E-state index contributed by atoms with van der Waals surface area (Å²) in [5, 5.41) is 0. The van der Waals surface area contributed by atoms with E-state index in [1.807, 2.05) is 13.8 Å². The molecule has 0 bridgehead atoms. The molecule has 4 rings (SSSR count). The molecule has 1 aliphatic heterocycles. The largest absolute Gasteiger partial charge is 0.426 e. The monoisotopic (exact) mass is 363 g/mol. The Morgan fingerprint density at radius 3 is 2.78 bits per heavy atom. The van der Waals surface area contributed by atoms with Gasteiger partial charge < -0.3 is 4.74 Å². The SMILES string of the molecule is CCCC(=O)Oc1c(C)ccc2c1-c1cccc3c1[C@@H](C2)N(CCC)CC3. The van der Waals surface area contributed by atoms with Crippen molar-refractivity contribution in [2.75, 3.05) is 13.1 Å². The molecule has 1 heterocycles. The molecule has 3 nitrogen and oxygen atoms in total. The highest BCUT2D eigenvalue weighted by atomic mass is 16.5. The first-order valence-electron chi connectivity index (χ1n) is 10.3. The van der Waals surface area contributed by atoms with Crippen LogP contribution in [0.1, 0.15) is 61.4 Å². The van der Waals surface area contributed by atoms with Gasteiger partial charge in [-0.25, -0.2) is 0 Å². The Hall–Kier alpha value is -2.13. The van der Waals surface area contributed by atoms with Crippen LogP contribution < -0.4 is 4.74 Å². The quantitative estimate of drug-likeness (QED) is 0.538. The van der Waals surface area contributed by atoms with Gasteiger partial charge in [-0.3, -0.25) is 9.69 Å². The zero-order valence-electron chi connectivity index (χ0n) is 16.7. The standard InChI is InChI=1S/C24H29NO2/c1-4-7-21(26)27-24-16(3)10-11-18-15-20-22-17(12-14-25(20)13-5-2)8-6-9-19(22)23(18)24/h6,8-11,20H,4-5,7,12-15H2,1-3H3/t20-/m1/s1. The average molecular weight is 364 g/mol. The topological polar surface area (TPSA) is 29.5 Å². The number of ether oxygens (including phenoxy) is 1. The summed E-state index contributed by atoms with van der Waals surface area (Å²) in [7, 11) is 0. The normalized spacial score (nSPS) is 18.0. The average Bonchev–Trinajstić information content (AvgIpc) is 2.66. The minimum atomic E-state index is -0.131. The van der Waals surface area contributed by atoms with Gasteiger partial charge in [0.2, 0.25) is 0 Å². The van der Waals surface area contributed by atoms with E-state index >= 15 is 0 Å². The molecule has 0 amide bonds. The number of hydrogen-bond acceptors (Lipinski definition) is 3. The molecule has 0 N–H and O–H groups in total. The molecule has 142 valence electrons. The Bertz CT molecular complexity index is 871. The predicted molar refractivity (Wildman–Crippen MR) is 109 cm³/mol. The van der Waals surface area contributed by atoms with Crippen molar-refractivity contribution in [3.8, 4) is 16.9 Å². The van der Waals surface area contributed by atoms with Gasteiger partial charge in [-0.15, -0.1) is 0 Å². The maximum absolute atomic E-state index is 12.3. The van der Waals surface area contributed by atoms with Crippen molar-refractivity contribution >= 4 is 5.97 Å². The highest BCUT2D eigenvalue weighted by Gasteiger charge is 2.35. The number of aryl methyl sites for hydroxylation is 1. The molecule has 1 atom stereocenters. The maximum atomic E-state index is 12.3. The van der Waals surface area contributed by atoms with E-state index in [-0.39, 0.29) is 5.97 Å². The minimum absolute atomic E-state index is 0.131. The Labute approximate surface area is 162 Å². The molecule has 2 aromatic carbocycles. The van der Waals surface area contributed by atoms with Crippen molar-refractivity contribution < 1.29 is 9.53 Å². The van der Waals surface area contributed by atoms with Gasteiger partial charge in [0.25, 0.3) is 0 Å². The summed E-state index contributed by atoms with van der Waals surface area (Å²) >= 11 is 0. The fourth-order valence-corrected chi connectivity index (χ4v) is 4.73. The number of hydrogen-bond donors (Lipinski definition) is 0. The number of benzene rings is 2. The predicted octanol–water partition coefficient (Wildman–Crippen LogP) is 5.23. The van der Waals surface area contributed by atoms with Crippen molar-refractivity contribution in [1.82, 2.24) is 4.90 Å². The van der Waals surface area contributed by atoms with Crippen LogP contribution in [0, 0.1) is 6.92 Å². The molecular weight excluding hydrogens is 334 g/mol. The smallest absolute Gasteiger partial charge is 0.311 e. The van der Waals surface area contributed by atoms with Crippen LogP contribution in [0.15, 0.2) is 30.3 Å². The number of carbonyl (C=O) groups excluding carboxylic acids is 1. The number of carbonyl (C=O) groups is 1. The van der Waals surface area contributed by atoms with Crippen LogP contribution in [-0.4, -0.2) is 24.0 Å². The van der Waals surface area contributed by atoms with Gasteiger partial charge in [0, 0.05) is 24.6 Å². The van der Waals surface area contributed by atoms with E-state index in [1.54, 1.807) is 0 Å². The lowest BCUT2D eigenvalue weighted by Gasteiger charge is -2.42. The van der Waals surface area contributed by atoms with Crippen molar-refractivity contribution in [2.45, 2.75) is 58.9 Å². The highest BCUT2D eigenvalue weighted by Crippen LogP contribution is 2.49. The van der Waals surface area contributed by atoms with Crippen molar-refractivity contribution in [3.05, 3.63) is 52.6 Å². The van der Waals surface area contributed by atoms with Crippen molar-refractivity contribution in [2.24, 2.45) is 0 Å². The van der Waals surface area contributed by atoms with Crippen LogP contribution in [0.2, 0.25) is 0 Å². The zero-order valence-corrected chi connectivity index (χ0v) is 16.7. The number of nitrogens with zero attached hydrogens (tertiary/aromatic N) is 1. The molecule has 0 spiro atoms. The van der Waals surface area contributed by atoms with Gasteiger partial charge in [-0.05, 0) is 67.0 Å². The molecule has 0 fully saturated rings. The number of esters is 1. The maximum Gasteiger partial charge on any atom is 0.311 e. The van der Waals surface area contributed by atoms with Crippen LogP contribution in [0.25, 0.3) is 11.1 Å². The van der Waals surface area contributed by atoms with Gasteiger partial charge in [-0.2, -0.15) is 0 Å². The molecule has 1 aliphatic carbocycles. The molecule has 0 saturated carbocycles. The Morgan fingerprint density at radius 1 is 1.15 bits per heavy atom. The van der Waals surface area contributed by atoms with Gasteiger partial charge in [0.1, 0.15) is 5.75 Å². The van der Waals surface area contributed by atoms with Crippen LogP contribution in [0.5, 0.6) is 5.75 Å². The summed E-state index contributed by atoms with van der Waals surface area (Å²) in [6.45, 7) is 8.58. The molecule has 0 aromatic heterocycles. The Morgan fingerprint density at radius 2 is 2.00 bits per heavy atom.